The quantitative estimate of drug-likeness (QED) is 0.360. The Hall–Kier alpha value is -4.51. The van der Waals surface area contributed by atoms with Gasteiger partial charge in [0.25, 0.3) is 5.56 Å². The highest BCUT2D eigenvalue weighted by molar-refractivity contribution is 5.96. The third-order valence-electron chi connectivity index (χ3n) is 5.76. The number of aromatic amines is 1. The van der Waals surface area contributed by atoms with Crippen molar-refractivity contribution in [2.45, 2.75) is 13.1 Å². The molecular formula is C29H23N3O2. The Morgan fingerprint density at radius 3 is 2.35 bits per heavy atom. The number of rotatable bonds is 6. The molecule has 0 bridgehead atoms. The lowest BCUT2D eigenvalue weighted by Gasteiger charge is -2.21. The molecule has 0 saturated carbocycles. The van der Waals surface area contributed by atoms with E-state index in [4.69, 9.17) is 0 Å². The number of H-pyrrole nitrogens is 1. The number of hydrogen-bond acceptors (Lipinski definition) is 3. The predicted octanol–water partition coefficient (Wildman–Crippen LogP) is 5.32. The predicted molar refractivity (Wildman–Crippen MR) is 136 cm³/mol. The van der Waals surface area contributed by atoms with Crippen molar-refractivity contribution in [1.82, 2.24) is 14.9 Å². The molecule has 5 heteroatoms. The number of hydrogen-bond donors (Lipinski definition) is 1. The summed E-state index contributed by atoms with van der Waals surface area (Å²) < 4.78 is 0. The van der Waals surface area contributed by atoms with Gasteiger partial charge in [0.1, 0.15) is 5.82 Å². The number of carbonyl (C=O) groups excluding carboxylic acids is 1. The standard InChI is InChI=1S/C29H23N3O2/c33-28(18-17-23-13-8-12-22-11-4-5-14-24(22)23)32(19-21-9-2-1-3-10-21)20-27-30-26-16-7-6-15-25(26)29(34)31-27/h1-18H,19-20H2,(H,30,31,34)/b18-17+. The largest absolute Gasteiger partial charge is 0.327 e. The zero-order valence-electron chi connectivity index (χ0n) is 18.5. The maximum atomic E-state index is 13.3. The van der Waals surface area contributed by atoms with Gasteiger partial charge in [-0.3, -0.25) is 9.59 Å². The summed E-state index contributed by atoms with van der Waals surface area (Å²) in [5.74, 6) is 0.291. The Morgan fingerprint density at radius 2 is 1.50 bits per heavy atom. The van der Waals surface area contributed by atoms with Crippen LogP contribution in [0.25, 0.3) is 27.8 Å². The lowest BCUT2D eigenvalue weighted by molar-refractivity contribution is -0.127. The Morgan fingerprint density at radius 1 is 0.794 bits per heavy atom. The first kappa shape index (κ1) is 21.3. The van der Waals surface area contributed by atoms with Gasteiger partial charge in [0.05, 0.1) is 17.4 Å². The minimum atomic E-state index is -0.209. The number of para-hydroxylation sites is 1. The van der Waals surface area contributed by atoms with Crippen molar-refractivity contribution in [2.75, 3.05) is 0 Å². The smallest absolute Gasteiger partial charge is 0.258 e. The zero-order chi connectivity index (χ0) is 23.3. The van der Waals surface area contributed by atoms with Crippen molar-refractivity contribution in [3.63, 3.8) is 0 Å². The van der Waals surface area contributed by atoms with E-state index in [0.29, 0.717) is 23.3 Å². The summed E-state index contributed by atoms with van der Waals surface area (Å²) in [4.78, 5) is 35.0. The van der Waals surface area contributed by atoms with Crippen LogP contribution in [-0.2, 0) is 17.9 Å². The van der Waals surface area contributed by atoms with E-state index in [0.717, 1.165) is 21.9 Å². The van der Waals surface area contributed by atoms with Gasteiger partial charge < -0.3 is 9.88 Å². The molecule has 4 aromatic carbocycles. The summed E-state index contributed by atoms with van der Waals surface area (Å²) in [5, 5.41) is 2.74. The Bertz CT molecular complexity index is 1550. The normalized spacial score (nSPS) is 11.3. The number of nitrogens with one attached hydrogen (secondary N) is 1. The highest BCUT2D eigenvalue weighted by atomic mass is 16.2. The van der Waals surface area contributed by atoms with Crippen LogP contribution >= 0.6 is 0 Å². The van der Waals surface area contributed by atoms with Gasteiger partial charge in [0.2, 0.25) is 5.91 Å². The van der Waals surface area contributed by atoms with Gasteiger partial charge in [0.15, 0.2) is 0 Å². The van der Waals surface area contributed by atoms with Crippen LogP contribution in [0.1, 0.15) is 17.0 Å². The number of fused-ring (bicyclic) bond motifs is 2. The molecule has 1 N–H and O–H groups in total. The summed E-state index contributed by atoms with van der Waals surface area (Å²) >= 11 is 0. The average molecular weight is 446 g/mol. The Labute approximate surface area is 197 Å². The SMILES string of the molecule is O=C(/C=C/c1cccc2ccccc12)N(Cc1ccccc1)Cc1nc2ccccc2c(=O)[nH]1. The van der Waals surface area contributed by atoms with Gasteiger partial charge in [-0.25, -0.2) is 4.98 Å². The van der Waals surface area contributed by atoms with Crippen molar-refractivity contribution in [3.05, 3.63) is 130 Å². The molecule has 0 atom stereocenters. The second kappa shape index (κ2) is 9.55. The lowest BCUT2D eigenvalue weighted by atomic mass is 10.0. The second-order valence-electron chi connectivity index (χ2n) is 8.11. The van der Waals surface area contributed by atoms with Gasteiger partial charge >= 0.3 is 0 Å². The average Bonchev–Trinajstić information content (AvgIpc) is 2.87. The molecule has 0 radical (unpaired) electrons. The van der Waals surface area contributed by atoms with Crippen molar-refractivity contribution in [2.24, 2.45) is 0 Å². The summed E-state index contributed by atoms with van der Waals surface area (Å²) in [5.41, 5.74) is 2.37. The van der Waals surface area contributed by atoms with Crippen LogP contribution in [-0.4, -0.2) is 20.8 Å². The van der Waals surface area contributed by atoms with E-state index in [9.17, 15) is 9.59 Å². The van der Waals surface area contributed by atoms with Crippen molar-refractivity contribution >= 4 is 33.7 Å². The van der Waals surface area contributed by atoms with Crippen LogP contribution in [0.2, 0.25) is 0 Å². The molecule has 0 fully saturated rings. The minimum absolute atomic E-state index is 0.160. The fraction of sp³-hybridized carbons (Fsp3) is 0.0690. The molecule has 0 spiro atoms. The highest BCUT2D eigenvalue weighted by Gasteiger charge is 2.15. The Balaban J connectivity index is 1.46. The monoisotopic (exact) mass is 445 g/mol. The van der Waals surface area contributed by atoms with E-state index in [1.54, 1.807) is 23.1 Å². The fourth-order valence-corrected chi connectivity index (χ4v) is 4.07. The van der Waals surface area contributed by atoms with Crippen LogP contribution in [0.3, 0.4) is 0 Å². The number of carbonyl (C=O) groups is 1. The van der Waals surface area contributed by atoms with Crippen molar-refractivity contribution < 1.29 is 4.79 Å². The van der Waals surface area contributed by atoms with E-state index < -0.39 is 0 Å². The second-order valence-corrected chi connectivity index (χ2v) is 8.11. The number of nitrogens with zero attached hydrogens (tertiary/aromatic N) is 2. The summed E-state index contributed by atoms with van der Waals surface area (Å²) in [6.45, 7) is 0.587. The zero-order valence-corrected chi connectivity index (χ0v) is 18.5. The molecule has 1 amide bonds. The third-order valence-corrected chi connectivity index (χ3v) is 5.76. The molecule has 1 aromatic heterocycles. The molecule has 1 heterocycles. The number of aromatic nitrogens is 2. The van der Waals surface area contributed by atoms with Crippen LogP contribution < -0.4 is 5.56 Å². The Kier molecular flexibility index (Phi) is 5.99. The molecule has 0 unspecified atom stereocenters. The van der Waals surface area contributed by atoms with Gasteiger partial charge in [0, 0.05) is 12.6 Å². The third kappa shape index (κ3) is 4.64. The van der Waals surface area contributed by atoms with Gasteiger partial charge in [-0.05, 0) is 40.1 Å². The summed E-state index contributed by atoms with van der Waals surface area (Å²) in [6, 6.07) is 31.1. The molecule has 5 rings (SSSR count). The van der Waals surface area contributed by atoms with E-state index >= 15 is 0 Å². The van der Waals surface area contributed by atoms with E-state index in [-0.39, 0.29) is 18.0 Å². The molecule has 5 nitrogen and oxygen atoms in total. The van der Waals surface area contributed by atoms with Crippen LogP contribution in [0, 0.1) is 0 Å². The maximum absolute atomic E-state index is 13.3. The van der Waals surface area contributed by atoms with Crippen molar-refractivity contribution in [3.8, 4) is 0 Å². The summed E-state index contributed by atoms with van der Waals surface area (Å²) in [7, 11) is 0. The minimum Gasteiger partial charge on any atom is -0.327 e. The molecule has 166 valence electrons. The molecule has 0 aliphatic heterocycles. The maximum Gasteiger partial charge on any atom is 0.258 e. The van der Waals surface area contributed by atoms with Gasteiger partial charge in [-0.15, -0.1) is 0 Å². The van der Waals surface area contributed by atoms with Gasteiger partial charge in [-0.2, -0.15) is 0 Å². The first-order valence-corrected chi connectivity index (χ1v) is 11.1. The number of amides is 1. The van der Waals surface area contributed by atoms with Gasteiger partial charge in [-0.1, -0.05) is 84.9 Å². The lowest BCUT2D eigenvalue weighted by Crippen LogP contribution is -2.30. The molecule has 5 aromatic rings. The van der Waals surface area contributed by atoms with Crippen molar-refractivity contribution in [1.29, 1.82) is 0 Å². The van der Waals surface area contributed by atoms with Crippen LogP contribution in [0.5, 0.6) is 0 Å². The highest BCUT2D eigenvalue weighted by Crippen LogP contribution is 2.20. The molecule has 34 heavy (non-hydrogen) atoms. The molecule has 0 aliphatic rings. The molecule has 0 saturated heterocycles. The number of benzene rings is 4. The first-order chi connectivity index (χ1) is 16.7. The van der Waals surface area contributed by atoms with E-state index in [1.807, 2.05) is 78.9 Å². The van der Waals surface area contributed by atoms with Crippen LogP contribution in [0.4, 0.5) is 0 Å². The van der Waals surface area contributed by atoms with E-state index in [1.165, 1.54) is 0 Å². The molecular weight excluding hydrogens is 422 g/mol. The van der Waals surface area contributed by atoms with E-state index in [2.05, 4.69) is 22.1 Å². The topological polar surface area (TPSA) is 66.1 Å². The van der Waals surface area contributed by atoms with Crippen LogP contribution in [0.15, 0.2) is 108 Å². The fourth-order valence-electron chi connectivity index (χ4n) is 4.07. The first-order valence-electron chi connectivity index (χ1n) is 11.1. The summed E-state index contributed by atoms with van der Waals surface area (Å²) in [6.07, 6.45) is 3.43. The molecule has 0 aliphatic carbocycles.